The van der Waals surface area contributed by atoms with E-state index in [0.717, 1.165) is 31.9 Å². The van der Waals surface area contributed by atoms with E-state index in [1.165, 1.54) is 0 Å². The summed E-state index contributed by atoms with van der Waals surface area (Å²) in [5, 5.41) is 4.94. The first-order valence-corrected chi connectivity index (χ1v) is 6.98. The SMILES string of the molecule is CCNC(=O)c1ccc(N)cc1NN1CCN(C)CC1. The van der Waals surface area contributed by atoms with Gasteiger partial charge < -0.3 is 21.4 Å². The third-order valence-electron chi connectivity index (χ3n) is 3.41. The molecule has 1 aliphatic heterocycles. The minimum absolute atomic E-state index is 0.0795. The number of likely N-dealkylation sites (N-methyl/N-ethyl adjacent to an activating group) is 1. The van der Waals surface area contributed by atoms with Crippen molar-refractivity contribution < 1.29 is 4.79 Å². The minimum Gasteiger partial charge on any atom is -0.399 e. The number of nitrogens with two attached hydrogens (primary N) is 1. The number of nitrogens with one attached hydrogen (secondary N) is 2. The van der Waals surface area contributed by atoms with Crippen LogP contribution in [0.4, 0.5) is 11.4 Å². The highest BCUT2D eigenvalue weighted by Crippen LogP contribution is 2.20. The highest BCUT2D eigenvalue weighted by Gasteiger charge is 2.17. The molecule has 1 fully saturated rings. The fourth-order valence-electron chi connectivity index (χ4n) is 2.20. The lowest BCUT2D eigenvalue weighted by atomic mass is 10.1. The molecule has 1 aromatic carbocycles. The second kappa shape index (κ2) is 6.58. The van der Waals surface area contributed by atoms with E-state index in [1.54, 1.807) is 12.1 Å². The van der Waals surface area contributed by atoms with Crippen molar-refractivity contribution in [1.82, 2.24) is 15.2 Å². The summed E-state index contributed by atoms with van der Waals surface area (Å²) in [7, 11) is 2.11. The molecule has 0 spiro atoms. The molecule has 1 aromatic rings. The van der Waals surface area contributed by atoms with Gasteiger partial charge in [0, 0.05) is 38.4 Å². The largest absolute Gasteiger partial charge is 0.399 e. The van der Waals surface area contributed by atoms with E-state index < -0.39 is 0 Å². The maximum Gasteiger partial charge on any atom is 0.253 e. The molecule has 1 aliphatic rings. The Bertz CT molecular complexity index is 469. The molecule has 1 saturated heterocycles. The van der Waals surface area contributed by atoms with Gasteiger partial charge in [0.2, 0.25) is 0 Å². The lowest BCUT2D eigenvalue weighted by molar-refractivity contribution is 0.0956. The molecule has 2 rings (SSSR count). The first-order valence-electron chi connectivity index (χ1n) is 6.98. The summed E-state index contributed by atoms with van der Waals surface area (Å²) in [5.41, 5.74) is 11.2. The third kappa shape index (κ3) is 3.61. The Kier molecular flexibility index (Phi) is 4.81. The van der Waals surface area contributed by atoms with Crippen LogP contribution in [0.1, 0.15) is 17.3 Å². The van der Waals surface area contributed by atoms with Gasteiger partial charge in [-0.15, -0.1) is 0 Å². The Hall–Kier alpha value is -1.79. The average molecular weight is 277 g/mol. The topological polar surface area (TPSA) is 73.6 Å². The molecule has 0 bridgehead atoms. The van der Waals surface area contributed by atoms with E-state index >= 15 is 0 Å². The van der Waals surface area contributed by atoms with Crippen LogP contribution in [0, 0.1) is 0 Å². The normalized spacial score (nSPS) is 16.9. The van der Waals surface area contributed by atoms with Gasteiger partial charge in [-0.25, -0.2) is 5.01 Å². The number of nitrogen functional groups attached to an aromatic ring is 1. The Morgan fingerprint density at radius 3 is 2.65 bits per heavy atom. The van der Waals surface area contributed by atoms with Crippen LogP contribution in [-0.4, -0.2) is 55.6 Å². The number of anilines is 2. The van der Waals surface area contributed by atoms with Crippen molar-refractivity contribution in [3.8, 4) is 0 Å². The number of hydrogen-bond acceptors (Lipinski definition) is 5. The van der Waals surface area contributed by atoms with E-state index in [2.05, 4.69) is 27.7 Å². The van der Waals surface area contributed by atoms with Gasteiger partial charge in [0.15, 0.2) is 0 Å². The monoisotopic (exact) mass is 277 g/mol. The molecule has 0 unspecified atom stereocenters. The predicted octanol–water partition coefficient (Wildman–Crippen LogP) is 0.593. The summed E-state index contributed by atoms with van der Waals surface area (Å²) >= 11 is 0. The van der Waals surface area contributed by atoms with Crippen molar-refractivity contribution in [2.24, 2.45) is 0 Å². The number of nitrogens with zero attached hydrogens (tertiary/aromatic N) is 2. The Morgan fingerprint density at radius 2 is 2.00 bits per heavy atom. The Balaban J connectivity index is 2.12. The van der Waals surface area contributed by atoms with E-state index in [4.69, 9.17) is 5.73 Å². The molecule has 1 heterocycles. The number of piperazine rings is 1. The highest BCUT2D eigenvalue weighted by atomic mass is 16.1. The lowest BCUT2D eigenvalue weighted by Gasteiger charge is -2.33. The number of benzene rings is 1. The minimum atomic E-state index is -0.0795. The first-order chi connectivity index (χ1) is 9.60. The van der Waals surface area contributed by atoms with Crippen molar-refractivity contribution in [3.05, 3.63) is 23.8 Å². The van der Waals surface area contributed by atoms with E-state index in [1.807, 2.05) is 13.0 Å². The molecule has 6 heteroatoms. The number of rotatable bonds is 4. The van der Waals surface area contributed by atoms with Gasteiger partial charge >= 0.3 is 0 Å². The lowest BCUT2D eigenvalue weighted by Crippen LogP contribution is -2.47. The van der Waals surface area contributed by atoms with Crippen molar-refractivity contribution in [2.45, 2.75) is 6.92 Å². The highest BCUT2D eigenvalue weighted by molar-refractivity contribution is 6.00. The second-order valence-corrected chi connectivity index (χ2v) is 5.07. The third-order valence-corrected chi connectivity index (χ3v) is 3.41. The molecule has 6 nitrogen and oxygen atoms in total. The number of hydrogen-bond donors (Lipinski definition) is 3. The zero-order chi connectivity index (χ0) is 14.5. The fraction of sp³-hybridized carbons (Fsp3) is 0.500. The van der Waals surface area contributed by atoms with Gasteiger partial charge in [-0.1, -0.05) is 0 Å². The molecular formula is C14H23N5O. The Morgan fingerprint density at radius 1 is 1.30 bits per heavy atom. The molecule has 110 valence electrons. The van der Waals surface area contributed by atoms with Crippen LogP contribution < -0.4 is 16.5 Å². The van der Waals surface area contributed by atoms with Crippen molar-refractivity contribution in [2.75, 3.05) is 50.9 Å². The summed E-state index contributed by atoms with van der Waals surface area (Å²) in [4.78, 5) is 14.3. The zero-order valence-electron chi connectivity index (χ0n) is 12.1. The molecule has 0 atom stereocenters. The summed E-state index contributed by atoms with van der Waals surface area (Å²) < 4.78 is 0. The van der Waals surface area contributed by atoms with Crippen LogP contribution in [0.2, 0.25) is 0 Å². The molecule has 0 radical (unpaired) electrons. The van der Waals surface area contributed by atoms with Crippen LogP contribution in [0.5, 0.6) is 0 Å². The quantitative estimate of drug-likeness (QED) is 0.703. The molecule has 20 heavy (non-hydrogen) atoms. The average Bonchev–Trinajstić information content (AvgIpc) is 2.42. The maximum absolute atomic E-state index is 12.1. The van der Waals surface area contributed by atoms with Gasteiger partial charge in [-0.2, -0.15) is 0 Å². The summed E-state index contributed by atoms with van der Waals surface area (Å²) in [6.45, 7) is 6.36. The molecule has 0 saturated carbocycles. The van der Waals surface area contributed by atoms with Gasteiger partial charge in [0.1, 0.15) is 0 Å². The standard InChI is InChI=1S/C14H23N5O/c1-3-16-14(20)12-5-4-11(15)10-13(12)17-19-8-6-18(2)7-9-19/h4-5,10,17H,3,6-9,15H2,1-2H3,(H,16,20). The van der Waals surface area contributed by atoms with Crippen molar-refractivity contribution in [3.63, 3.8) is 0 Å². The molecule has 0 aliphatic carbocycles. The Labute approximate surface area is 119 Å². The smallest absolute Gasteiger partial charge is 0.253 e. The second-order valence-electron chi connectivity index (χ2n) is 5.07. The first kappa shape index (κ1) is 14.6. The van der Waals surface area contributed by atoms with E-state index in [0.29, 0.717) is 17.8 Å². The van der Waals surface area contributed by atoms with Crippen LogP contribution in [0.3, 0.4) is 0 Å². The van der Waals surface area contributed by atoms with Gasteiger partial charge in [-0.3, -0.25) is 4.79 Å². The number of hydrazine groups is 1. The van der Waals surface area contributed by atoms with E-state index in [9.17, 15) is 4.79 Å². The van der Waals surface area contributed by atoms with Crippen LogP contribution >= 0.6 is 0 Å². The van der Waals surface area contributed by atoms with Crippen molar-refractivity contribution >= 4 is 17.3 Å². The number of amides is 1. The van der Waals surface area contributed by atoms with Crippen molar-refractivity contribution in [1.29, 1.82) is 0 Å². The van der Waals surface area contributed by atoms with Gasteiger partial charge in [0.25, 0.3) is 5.91 Å². The summed E-state index contributed by atoms with van der Waals surface area (Å²) in [6, 6.07) is 5.32. The number of carbonyl (C=O) groups excluding carboxylic acids is 1. The fourth-order valence-corrected chi connectivity index (χ4v) is 2.20. The summed E-state index contributed by atoms with van der Waals surface area (Å²) in [6.07, 6.45) is 0. The summed E-state index contributed by atoms with van der Waals surface area (Å²) in [5.74, 6) is -0.0795. The number of carbonyl (C=O) groups is 1. The van der Waals surface area contributed by atoms with Crippen LogP contribution in [0.15, 0.2) is 18.2 Å². The predicted molar refractivity (Wildman–Crippen MR) is 81.6 cm³/mol. The van der Waals surface area contributed by atoms with Crippen LogP contribution in [-0.2, 0) is 0 Å². The molecule has 0 aromatic heterocycles. The van der Waals surface area contributed by atoms with Crippen LogP contribution in [0.25, 0.3) is 0 Å². The van der Waals surface area contributed by atoms with Gasteiger partial charge in [0.05, 0.1) is 11.3 Å². The zero-order valence-corrected chi connectivity index (χ0v) is 12.1. The molecular weight excluding hydrogens is 254 g/mol. The maximum atomic E-state index is 12.1. The van der Waals surface area contributed by atoms with Gasteiger partial charge in [-0.05, 0) is 32.2 Å². The molecule has 1 amide bonds. The molecule has 4 N–H and O–H groups in total. The van der Waals surface area contributed by atoms with E-state index in [-0.39, 0.29) is 5.91 Å².